The molecule has 1 aromatic rings. The molecule has 0 aromatic heterocycles. The van der Waals surface area contributed by atoms with Gasteiger partial charge in [-0.1, -0.05) is 49.1 Å². The van der Waals surface area contributed by atoms with Crippen LogP contribution in [0.5, 0.6) is 0 Å². The molecule has 120 valence electrons. The van der Waals surface area contributed by atoms with E-state index >= 15 is 0 Å². The number of nitrogens with one attached hydrogen (secondary N) is 2. The smallest absolute Gasteiger partial charge is 0.239 e. The number of hydrogen-bond acceptors (Lipinski definition) is 2. The number of aryl methyl sites for hydroxylation is 1. The maximum atomic E-state index is 11.8. The predicted octanol–water partition coefficient (Wildman–Crippen LogP) is 2.84. The second-order valence-electron chi connectivity index (χ2n) is 5.77. The fourth-order valence-electron chi connectivity index (χ4n) is 2.74. The molecule has 4 nitrogen and oxygen atoms in total. The van der Waals surface area contributed by atoms with Gasteiger partial charge in [0.25, 0.3) is 0 Å². The molecule has 1 aromatic carbocycles. The number of halogens is 1. The van der Waals surface area contributed by atoms with Crippen LogP contribution in [0.25, 0.3) is 0 Å². The normalized spacial score (nSPS) is 15.3. The summed E-state index contributed by atoms with van der Waals surface area (Å²) >= 11 is 6.05. The summed E-state index contributed by atoms with van der Waals surface area (Å²) in [5.41, 5.74) is 0.950. The van der Waals surface area contributed by atoms with E-state index in [2.05, 4.69) is 10.6 Å². The number of benzene rings is 1. The number of amides is 2. The van der Waals surface area contributed by atoms with Gasteiger partial charge in [-0.15, -0.1) is 0 Å². The zero-order valence-corrected chi connectivity index (χ0v) is 13.5. The molecule has 0 bridgehead atoms. The third-order valence-corrected chi connectivity index (χ3v) is 4.36. The maximum Gasteiger partial charge on any atom is 0.239 e. The van der Waals surface area contributed by atoms with Gasteiger partial charge < -0.3 is 10.6 Å². The lowest BCUT2D eigenvalue weighted by atomic mass is 9.95. The lowest BCUT2D eigenvalue weighted by Gasteiger charge is -2.22. The van der Waals surface area contributed by atoms with Crippen molar-refractivity contribution in [1.29, 1.82) is 0 Å². The summed E-state index contributed by atoms with van der Waals surface area (Å²) < 4.78 is 0. The molecular weight excluding hydrogens is 300 g/mol. The van der Waals surface area contributed by atoms with Crippen LogP contribution in [0, 0.1) is 0 Å². The van der Waals surface area contributed by atoms with E-state index in [4.69, 9.17) is 11.6 Å². The van der Waals surface area contributed by atoms with Crippen LogP contribution in [0.2, 0.25) is 5.02 Å². The lowest BCUT2D eigenvalue weighted by molar-refractivity contribution is -0.126. The van der Waals surface area contributed by atoms with Crippen molar-refractivity contribution in [2.45, 2.75) is 51.0 Å². The average Bonchev–Trinajstić information content (AvgIpc) is 2.53. The first-order valence-electron chi connectivity index (χ1n) is 7.94. The minimum absolute atomic E-state index is 0.0534. The monoisotopic (exact) mass is 322 g/mol. The third kappa shape index (κ3) is 5.68. The van der Waals surface area contributed by atoms with Gasteiger partial charge in [-0.3, -0.25) is 9.59 Å². The highest BCUT2D eigenvalue weighted by Crippen LogP contribution is 2.17. The highest BCUT2D eigenvalue weighted by Gasteiger charge is 2.15. The SMILES string of the molecule is O=C(CCc1ccccc1Cl)NCC(=O)NC1CCCCC1. The summed E-state index contributed by atoms with van der Waals surface area (Å²) in [6.45, 7) is 0.0534. The Bertz CT molecular complexity index is 513. The molecule has 1 aliphatic carbocycles. The number of hydrogen-bond donors (Lipinski definition) is 2. The lowest BCUT2D eigenvalue weighted by Crippen LogP contribution is -2.42. The van der Waals surface area contributed by atoms with Gasteiger partial charge in [0.1, 0.15) is 0 Å². The van der Waals surface area contributed by atoms with E-state index in [0.29, 0.717) is 17.9 Å². The summed E-state index contributed by atoms with van der Waals surface area (Å²) in [4.78, 5) is 23.6. The molecule has 0 atom stereocenters. The van der Waals surface area contributed by atoms with Crippen LogP contribution in [0.15, 0.2) is 24.3 Å². The Morgan fingerprint density at radius 2 is 1.82 bits per heavy atom. The van der Waals surface area contributed by atoms with Crippen molar-refractivity contribution in [2.24, 2.45) is 0 Å². The highest BCUT2D eigenvalue weighted by molar-refractivity contribution is 6.31. The number of rotatable bonds is 6. The van der Waals surface area contributed by atoms with Crippen molar-refractivity contribution in [1.82, 2.24) is 10.6 Å². The molecule has 1 saturated carbocycles. The van der Waals surface area contributed by atoms with Crippen molar-refractivity contribution in [3.63, 3.8) is 0 Å². The average molecular weight is 323 g/mol. The largest absolute Gasteiger partial charge is 0.352 e. The van der Waals surface area contributed by atoms with E-state index in [1.807, 2.05) is 24.3 Å². The molecule has 0 unspecified atom stereocenters. The topological polar surface area (TPSA) is 58.2 Å². The first-order chi connectivity index (χ1) is 10.6. The van der Waals surface area contributed by atoms with Gasteiger partial charge in [-0.2, -0.15) is 0 Å². The summed E-state index contributed by atoms with van der Waals surface area (Å²) in [5.74, 6) is -0.225. The summed E-state index contributed by atoms with van der Waals surface area (Å²) in [5, 5.41) is 6.32. The van der Waals surface area contributed by atoms with Gasteiger partial charge >= 0.3 is 0 Å². The zero-order chi connectivity index (χ0) is 15.8. The third-order valence-electron chi connectivity index (χ3n) is 4.00. The highest BCUT2D eigenvalue weighted by atomic mass is 35.5. The fourth-order valence-corrected chi connectivity index (χ4v) is 2.97. The van der Waals surface area contributed by atoms with Crippen LogP contribution in [0.4, 0.5) is 0 Å². The van der Waals surface area contributed by atoms with Crippen molar-refractivity contribution >= 4 is 23.4 Å². The van der Waals surface area contributed by atoms with Crippen molar-refractivity contribution in [2.75, 3.05) is 6.54 Å². The Kier molecular flexibility index (Phi) is 6.72. The zero-order valence-electron chi connectivity index (χ0n) is 12.7. The van der Waals surface area contributed by atoms with E-state index in [1.54, 1.807) is 0 Å². The molecule has 1 aliphatic rings. The molecule has 0 spiro atoms. The van der Waals surface area contributed by atoms with Gasteiger partial charge in [0.15, 0.2) is 0 Å². The van der Waals surface area contributed by atoms with Crippen LogP contribution in [-0.4, -0.2) is 24.4 Å². The molecule has 2 N–H and O–H groups in total. The first-order valence-corrected chi connectivity index (χ1v) is 8.32. The number of carbonyl (C=O) groups is 2. The summed E-state index contributed by atoms with van der Waals surface area (Å²) in [7, 11) is 0. The standard InChI is InChI=1S/C17H23ClN2O2/c18-15-9-5-4-6-13(15)10-11-16(21)19-12-17(22)20-14-7-2-1-3-8-14/h4-6,9,14H,1-3,7-8,10-12H2,(H,19,21)(H,20,22). The molecular formula is C17H23ClN2O2. The van der Waals surface area contributed by atoms with E-state index in [0.717, 1.165) is 18.4 Å². The van der Waals surface area contributed by atoms with Crippen LogP contribution in [-0.2, 0) is 16.0 Å². The first kappa shape index (κ1) is 16.8. The van der Waals surface area contributed by atoms with Gasteiger partial charge in [-0.25, -0.2) is 0 Å². The van der Waals surface area contributed by atoms with Gasteiger partial charge in [0.05, 0.1) is 6.54 Å². The van der Waals surface area contributed by atoms with Crippen molar-refractivity contribution in [3.8, 4) is 0 Å². The second kappa shape index (κ2) is 8.79. The van der Waals surface area contributed by atoms with E-state index in [-0.39, 0.29) is 24.4 Å². The molecule has 2 rings (SSSR count). The van der Waals surface area contributed by atoms with Crippen molar-refractivity contribution < 1.29 is 9.59 Å². The molecule has 0 radical (unpaired) electrons. The Morgan fingerprint density at radius 1 is 1.09 bits per heavy atom. The molecule has 2 amide bonds. The molecule has 5 heteroatoms. The summed E-state index contributed by atoms with van der Waals surface area (Å²) in [6, 6.07) is 7.76. The van der Waals surface area contributed by atoms with Crippen LogP contribution in [0.3, 0.4) is 0 Å². The minimum Gasteiger partial charge on any atom is -0.352 e. The Hall–Kier alpha value is -1.55. The molecule has 0 heterocycles. The van der Waals surface area contributed by atoms with E-state index in [1.165, 1.54) is 19.3 Å². The van der Waals surface area contributed by atoms with Crippen LogP contribution in [0.1, 0.15) is 44.1 Å². The Morgan fingerprint density at radius 3 is 2.55 bits per heavy atom. The van der Waals surface area contributed by atoms with Crippen molar-refractivity contribution in [3.05, 3.63) is 34.9 Å². The van der Waals surface area contributed by atoms with E-state index in [9.17, 15) is 9.59 Å². The van der Waals surface area contributed by atoms with Crippen LogP contribution >= 0.6 is 11.6 Å². The maximum absolute atomic E-state index is 11.8. The minimum atomic E-state index is -0.126. The van der Waals surface area contributed by atoms with E-state index < -0.39 is 0 Å². The molecule has 22 heavy (non-hydrogen) atoms. The number of carbonyl (C=O) groups excluding carboxylic acids is 2. The van der Waals surface area contributed by atoms with Gasteiger partial charge in [0, 0.05) is 17.5 Å². The predicted molar refractivity (Wildman–Crippen MR) is 87.8 cm³/mol. The van der Waals surface area contributed by atoms with Gasteiger partial charge in [-0.05, 0) is 30.9 Å². The molecule has 0 saturated heterocycles. The second-order valence-corrected chi connectivity index (χ2v) is 6.18. The molecule has 1 fully saturated rings. The molecule has 0 aliphatic heterocycles. The summed E-state index contributed by atoms with van der Waals surface area (Å²) in [6.07, 6.45) is 6.62. The Balaban J connectivity index is 1.64. The quantitative estimate of drug-likeness (QED) is 0.846. The Labute approximate surface area is 136 Å². The van der Waals surface area contributed by atoms with Crippen LogP contribution < -0.4 is 10.6 Å². The fraction of sp³-hybridized carbons (Fsp3) is 0.529. The van der Waals surface area contributed by atoms with Gasteiger partial charge in [0.2, 0.25) is 11.8 Å².